The zero-order chi connectivity index (χ0) is 17.1. The average Bonchev–Trinajstić information content (AvgIpc) is 3.13. The SMILES string of the molecule is CC1CCCC(NC(=O)c2cccc(C(=O)N3CCCC3)n2)C1C. The average molecular weight is 329 g/mol. The summed E-state index contributed by atoms with van der Waals surface area (Å²) in [6.45, 7) is 6.02. The van der Waals surface area contributed by atoms with E-state index in [0.717, 1.165) is 38.8 Å². The first-order valence-electron chi connectivity index (χ1n) is 9.13. The quantitative estimate of drug-likeness (QED) is 0.927. The molecule has 3 atom stereocenters. The smallest absolute Gasteiger partial charge is 0.272 e. The van der Waals surface area contributed by atoms with Crippen LogP contribution in [0.5, 0.6) is 0 Å². The Morgan fingerprint density at radius 1 is 1.08 bits per heavy atom. The number of pyridine rings is 1. The van der Waals surface area contributed by atoms with E-state index < -0.39 is 0 Å². The van der Waals surface area contributed by atoms with Gasteiger partial charge in [0.1, 0.15) is 11.4 Å². The molecule has 2 amide bonds. The van der Waals surface area contributed by atoms with E-state index in [1.165, 1.54) is 6.42 Å². The Balaban J connectivity index is 1.69. The molecule has 0 spiro atoms. The van der Waals surface area contributed by atoms with E-state index in [2.05, 4.69) is 24.1 Å². The van der Waals surface area contributed by atoms with Crippen molar-refractivity contribution in [1.82, 2.24) is 15.2 Å². The number of hydrogen-bond donors (Lipinski definition) is 1. The molecule has 1 N–H and O–H groups in total. The summed E-state index contributed by atoms with van der Waals surface area (Å²) in [6.07, 6.45) is 5.49. The first kappa shape index (κ1) is 16.9. The molecule has 1 saturated carbocycles. The van der Waals surface area contributed by atoms with Crippen LogP contribution in [0.25, 0.3) is 0 Å². The fraction of sp³-hybridized carbons (Fsp3) is 0.632. The normalized spacial score (nSPS) is 27.1. The highest BCUT2D eigenvalue weighted by molar-refractivity contribution is 5.96. The van der Waals surface area contributed by atoms with E-state index in [9.17, 15) is 9.59 Å². The zero-order valence-electron chi connectivity index (χ0n) is 14.6. The summed E-state index contributed by atoms with van der Waals surface area (Å²) >= 11 is 0. The molecule has 1 aliphatic heterocycles. The summed E-state index contributed by atoms with van der Waals surface area (Å²) in [5, 5.41) is 3.12. The molecule has 1 aliphatic carbocycles. The molecule has 2 heterocycles. The lowest BCUT2D eigenvalue weighted by Gasteiger charge is -2.34. The van der Waals surface area contributed by atoms with Gasteiger partial charge in [-0.15, -0.1) is 0 Å². The largest absolute Gasteiger partial charge is 0.348 e. The number of amides is 2. The van der Waals surface area contributed by atoms with Crippen molar-refractivity contribution in [3.8, 4) is 0 Å². The first-order valence-corrected chi connectivity index (χ1v) is 9.13. The molecule has 130 valence electrons. The number of rotatable bonds is 3. The molecule has 0 bridgehead atoms. The molecule has 0 aromatic carbocycles. The molecule has 2 aliphatic rings. The van der Waals surface area contributed by atoms with Gasteiger partial charge in [0.15, 0.2) is 0 Å². The van der Waals surface area contributed by atoms with Crippen LogP contribution >= 0.6 is 0 Å². The zero-order valence-corrected chi connectivity index (χ0v) is 14.6. The minimum absolute atomic E-state index is 0.0678. The molecule has 2 fully saturated rings. The van der Waals surface area contributed by atoms with Crippen LogP contribution in [0.15, 0.2) is 18.2 Å². The lowest BCUT2D eigenvalue weighted by Crippen LogP contribution is -2.44. The number of aromatic nitrogens is 1. The van der Waals surface area contributed by atoms with Crippen LogP contribution < -0.4 is 5.32 Å². The molecule has 3 unspecified atom stereocenters. The van der Waals surface area contributed by atoms with Crippen LogP contribution in [-0.2, 0) is 0 Å². The van der Waals surface area contributed by atoms with Gasteiger partial charge in [0.05, 0.1) is 0 Å². The molecule has 1 aromatic heterocycles. The summed E-state index contributed by atoms with van der Waals surface area (Å²) in [7, 11) is 0. The third-order valence-electron chi connectivity index (χ3n) is 5.62. The van der Waals surface area contributed by atoms with Gasteiger partial charge >= 0.3 is 0 Å². The van der Waals surface area contributed by atoms with Gasteiger partial charge in [-0.2, -0.15) is 0 Å². The second kappa shape index (κ2) is 7.32. The maximum Gasteiger partial charge on any atom is 0.272 e. The summed E-state index contributed by atoms with van der Waals surface area (Å²) in [4.78, 5) is 31.1. The molecule has 1 aromatic rings. The molecule has 5 heteroatoms. The molecule has 1 saturated heterocycles. The van der Waals surface area contributed by atoms with Crippen LogP contribution in [0, 0.1) is 11.8 Å². The maximum absolute atomic E-state index is 12.6. The highest BCUT2D eigenvalue weighted by Gasteiger charge is 2.29. The van der Waals surface area contributed by atoms with E-state index in [-0.39, 0.29) is 17.9 Å². The number of nitrogens with zero attached hydrogens (tertiary/aromatic N) is 2. The van der Waals surface area contributed by atoms with Gasteiger partial charge in [-0.3, -0.25) is 9.59 Å². The fourth-order valence-electron chi connectivity index (χ4n) is 3.79. The van der Waals surface area contributed by atoms with Crippen molar-refractivity contribution in [1.29, 1.82) is 0 Å². The summed E-state index contributed by atoms with van der Waals surface area (Å²) in [6, 6.07) is 5.33. The van der Waals surface area contributed by atoms with Crippen LogP contribution in [0.4, 0.5) is 0 Å². The van der Waals surface area contributed by atoms with Gasteiger partial charge in [0, 0.05) is 19.1 Å². The predicted octanol–water partition coefficient (Wildman–Crippen LogP) is 2.87. The number of carbonyl (C=O) groups excluding carboxylic acids is 2. The second-order valence-electron chi connectivity index (χ2n) is 7.25. The van der Waals surface area contributed by atoms with Gasteiger partial charge < -0.3 is 10.2 Å². The molecule has 5 nitrogen and oxygen atoms in total. The third kappa shape index (κ3) is 3.60. The molecular formula is C19H27N3O2. The first-order chi connectivity index (χ1) is 11.6. The Bertz CT molecular complexity index is 610. The van der Waals surface area contributed by atoms with Crippen molar-refractivity contribution in [3.05, 3.63) is 29.6 Å². The molecule has 0 radical (unpaired) electrons. The number of carbonyl (C=O) groups is 2. The Hall–Kier alpha value is -1.91. The highest BCUT2D eigenvalue weighted by Crippen LogP contribution is 2.29. The molecular weight excluding hydrogens is 302 g/mol. The van der Waals surface area contributed by atoms with Crippen molar-refractivity contribution in [2.24, 2.45) is 11.8 Å². The van der Waals surface area contributed by atoms with Crippen LogP contribution in [-0.4, -0.2) is 40.8 Å². The van der Waals surface area contributed by atoms with E-state index in [1.54, 1.807) is 18.2 Å². The Morgan fingerprint density at radius 2 is 1.79 bits per heavy atom. The van der Waals surface area contributed by atoms with E-state index >= 15 is 0 Å². The van der Waals surface area contributed by atoms with E-state index in [0.29, 0.717) is 23.2 Å². The summed E-state index contributed by atoms with van der Waals surface area (Å²) < 4.78 is 0. The molecule has 3 rings (SSSR count). The van der Waals surface area contributed by atoms with Crippen molar-refractivity contribution >= 4 is 11.8 Å². The second-order valence-corrected chi connectivity index (χ2v) is 7.25. The minimum atomic E-state index is -0.169. The Kier molecular flexibility index (Phi) is 5.17. The van der Waals surface area contributed by atoms with Crippen molar-refractivity contribution < 1.29 is 9.59 Å². The Morgan fingerprint density at radius 3 is 2.54 bits per heavy atom. The van der Waals surface area contributed by atoms with Crippen molar-refractivity contribution in [2.75, 3.05) is 13.1 Å². The van der Waals surface area contributed by atoms with E-state index in [4.69, 9.17) is 0 Å². The van der Waals surface area contributed by atoms with Crippen LogP contribution in [0.1, 0.15) is 66.9 Å². The van der Waals surface area contributed by atoms with Gasteiger partial charge in [-0.25, -0.2) is 4.98 Å². The standard InChI is InChI=1S/C19H27N3O2/c1-13-7-5-8-15(14(13)2)21-18(23)16-9-6-10-17(20-16)19(24)22-11-3-4-12-22/h6,9-10,13-15H,3-5,7-8,11-12H2,1-2H3,(H,21,23). The van der Waals surface area contributed by atoms with Crippen LogP contribution in [0.2, 0.25) is 0 Å². The van der Waals surface area contributed by atoms with Crippen molar-refractivity contribution in [3.63, 3.8) is 0 Å². The summed E-state index contributed by atoms with van der Waals surface area (Å²) in [5.74, 6) is 0.857. The lowest BCUT2D eigenvalue weighted by molar-refractivity contribution is 0.0786. The van der Waals surface area contributed by atoms with Gasteiger partial charge in [0.2, 0.25) is 0 Å². The number of likely N-dealkylation sites (tertiary alicyclic amines) is 1. The topological polar surface area (TPSA) is 62.3 Å². The monoisotopic (exact) mass is 329 g/mol. The van der Waals surface area contributed by atoms with Crippen LogP contribution in [0.3, 0.4) is 0 Å². The summed E-state index contributed by atoms with van der Waals surface area (Å²) in [5.41, 5.74) is 0.708. The van der Waals surface area contributed by atoms with Gasteiger partial charge in [-0.1, -0.05) is 32.8 Å². The van der Waals surface area contributed by atoms with Gasteiger partial charge in [0.25, 0.3) is 11.8 Å². The number of nitrogens with one attached hydrogen (secondary N) is 1. The van der Waals surface area contributed by atoms with Gasteiger partial charge in [-0.05, 0) is 43.2 Å². The molecule has 24 heavy (non-hydrogen) atoms. The highest BCUT2D eigenvalue weighted by atomic mass is 16.2. The predicted molar refractivity (Wildman–Crippen MR) is 92.8 cm³/mol. The number of hydrogen-bond acceptors (Lipinski definition) is 3. The third-order valence-corrected chi connectivity index (χ3v) is 5.62. The van der Waals surface area contributed by atoms with E-state index in [1.807, 2.05) is 4.90 Å². The lowest BCUT2D eigenvalue weighted by atomic mass is 9.78. The fourth-order valence-corrected chi connectivity index (χ4v) is 3.79. The van der Waals surface area contributed by atoms with Crippen molar-refractivity contribution in [2.45, 2.75) is 52.0 Å². The Labute approximate surface area is 143 Å². The maximum atomic E-state index is 12.6. The minimum Gasteiger partial charge on any atom is -0.348 e.